The summed E-state index contributed by atoms with van der Waals surface area (Å²) in [5.74, 6) is 0. The van der Waals surface area contributed by atoms with Gasteiger partial charge in [-0.15, -0.1) is 11.3 Å². The van der Waals surface area contributed by atoms with Gasteiger partial charge in [-0.1, -0.05) is 121 Å². The molecule has 0 unspecified atom stereocenters. The van der Waals surface area contributed by atoms with E-state index in [0.717, 1.165) is 39.0 Å². The van der Waals surface area contributed by atoms with Gasteiger partial charge in [0, 0.05) is 43.7 Å². The number of furan rings is 1. The largest absolute Gasteiger partial charge is 0.456 e. The summed E-state index contributed by atoms with van der Waals surface area (Å²) in [6, 6.07) is 58.4. The number of thiophene rings is 1. The number of nitrogens with zero attached hydrogens (tertiary/aromatic N) is 1. The molecule has 0 N–H and O–H groups in total. The predicted octanol–water partition coefficient (Wildman–Crippen LogP) is 12.8. The van der Waals surface area contributed by atoms with Gasteiger partial charge in [-0.3, -0.25) is 0 Å². The van der Waals surface area contributed by atoms with Gasteiger partial charge in [0.05, 0.1) is 10.4 Å². The molecule has 9 rings (SSSR count). The van der Waals surface area contributed by atoms with Crippen LogP contribution in [0.15, 0.2) is 168 Å². The average Bonchev–Trinajstić information content (AvgIpc) is 3.68. The standard InChI is InChI=1S/C42H27NOS/c1-3-12-28(13-4-1)30-16-9-17-31(26-30)43(32-24-25-35-34-18-7-8-23-39(34)44-40(35)27-32)38-22-11-21-37-36-20-10-19-33(41(36)45-42(37)38)29-14-5-2-6-15-29/h1-27H. The predicted molar refractivity (Wildman–Crippen MR) is 192 cm³/mol. The van der Waals surface area contributed by atoms with Crippen molar-refractivity contribution in [3.05, 3.63) is 164 Å². The quantitative estimate of drug-likeness (QED) is 0.197. The molecule has 0 aliphatic carbocycles. The van der Waals surface area contributed by atoms with Crippen molar-refractivity contribution < 1.29 is 4.42 Å². The van der Waals surface area contributed by atoms with E-state index >= 15 is 0 Å². The molecule has 0 spiro atoms. The summed E-state index contributed by atoms with van der Waals surface area (Å²) in [6.07, 6.45) is 0. The Morgan fingerprint density at radius 2 is 1.02 bits per heavy atom. The Kier molecular flexibility index (Phi) is 6.03. The van der Waals surface area contributed by atoms with Crippen molar-refractivity contribution in [3.63, 3.8) is 0 Å². The molecule has 0 atom stereocenters. The highest BCUT2D eigenvalue weighted by atomic mass is 32.1. The van der Waals surface area contributed by atoms with E-state index in [1.807, 2.05) is 23.5 Å². The summed E-state index contributed by atoms with van der Waals surface area (Å²) in [4.78, 5) is 2.39. The molecular weight excluding hydrogens is 567 g/mol. The number of benzene rings is 7. The number of hydrogen-bond acceptors (Lipinski definition) is 3. The highest BCUT2D eigenvalue weighted by Crippen LogP contribution is 2.48. The molecule has 0 aliphatic heterocycles. The maximum absolute atomic E-state index is 6.38. The molecule has 45 heavy (non-hydrogen) atoms. The Balaban J connectivity index is 1.30. The molecular formula is C42H27NOS. The zero-order chi connectivity index (χ0) is 29.7. The third-order valence-electron chi connectivity index (χ3n) is 8.66. The van der Waals surface area contributed by atoms with Gasteiger partial charge < -0.3 is 9.32 Å². The molecule has 0 aliphatic rings. The Labute approximate surface area is 265 Å². The topological polar surface area (TPSA) is 16.4 Å². The maximum Gasteiger partial charge on any atom is 0.137 e. The van der Waals surface area contributed by atoms with Gasteiger partial charge in [-0.2, -0.15) is 0 Å². The van der Waals surface area contributed by atoms with E-state index in [-0.39, 0.29) is 0 Å². The van der Waals surface area contributed by atoms with Crippen molar-refractivity contribution in [3.8, 4) is 22.3 Å². The first-order chi connectivity index (χ1) is 22.3. The molecule has 0 saturated carbocycles. The van der Waals surface area contributed by atoms with Crippen molar-refractivity contribution in [1.82, 2.24) is 0 Å². The summed E-state index contributed by atoms with van der Waals surface area (Å²) in [5.41, 5.74) is 9.96. The van der Waals surface area contributed by atoms with Gasteiger partial charge in [0.25, 0.3) is 0 Å². The van der Waals surface area contributed by atoms with E-state index < -0.39 is 0 Å². The van der Waals surface area contributed by atoms with Gasteiger partial charge in [0.1, 0.15) is 11.2 Å². The molecule has 7 aromatic carbocycles. The second-order valence-electron chi connectivity index (χ2n) is 11.3. The zero-order valence-electron chi connectivity index (χ0n) is 24.4. The van der Waals surface area contributed by atoms with Gasteiger partial charge >= 0.3 is 0 Å². The Morgan fingerprint density at radius 3 is 1.87 bits per heavy atom. The first-order valence-electron chi connectivity index (χ1n) is 15.2. The van der Waals surface area contributed by atoms with Crippen LogP contribution in [-0.2, 0) is 0 Å². The van der Waals surface area contributed by atoms with Crippen molar-refractivity contribution in [2.45, 2.75) is 0 Å². The van der Waals surface area contributed by atoms with Gasteiger partial charge in [-0.05, 0) is 58.7 Å². The van der Waals surface area contributed by atoms with Crippen LogP contribution in [0.25, 0.3) is 64.4 Å². The van der Waals surface area contributed by atoms with Crippen molar-refractivity contribution >= 4 is 70.5 Å². The Morgan fingerprint density at radius 1 is 0.400 bits per heavy atom. The van der Waals surface area contributed by atoms with Crippen LogP contribution in [-0.4, -0.2) is 0 Å². The molecule has 2 nitrogen and oxygen atoms in total. The maximum atomic E-state index is 6.38. The van der Waals surface area contributed by atoms with E-state index in [0.29, 0.717) is 0 Å². The molecule has 0 radical (unpaired) electrons. The average molecular weight is 594 g/mol. The molecule has 2 aromatic heterocycles. The number of fused-ring (bicyclic) bond motifs is 6. The molecule has 3 heteroatoms. The molecule has 0 bridgehead atoms. The van der Waals surface area contributed by atoms with Crippen LogP contribution < -0.4 is 4.90 Å². The lowest BCUT2D eigenvalue weighted by Crippen LogP contribution is -2.10. The minimum Gasteiger partial charge on any atom is -0.456 e. The monoisotopic (exact) mass is 593 g/mol. The lowest BCUT2D eigenvalue weighted by Gasteiger charge is -2.26. The third-order valence-corrected chi connectivity index (χ3v) is 9.94. The molecule has 0 saturated heterocycles. The van der Waals surface area contributed by atoms with Gasteiger partial charge in [-0.25, -0.2) is 0 Å². The summed E-state index contributed by atoms with van der Waals surface area (Å²) < 4.78 is 8.94. The normalized spacial score (nSPS) is 11.6. The second kappa shape index (κ2) is 10.5. The summed E-state index contributed by atoms with van der Waals surface area (Å²) in [5, 5.41) is 4.81. The van der Waals surface area contributed by atoms with Crippen LogP contribution in [0, 0.1) is 0 Å². The van der Waals surface area contributed by atoms with Crippen LogP contribution in [0.2, 0.25) is 0 Å². The number of hydrogen-bond donors (Lipinski definition) is 0. The van der Waals surface area contributed by atoms with E-state index in [4.69, 9.17) is 4.42 Å². The lowest BCUT2D eigenvalue weighted by atomic mass is 10.0. The fraction of sp³-hybridized carbons (Fsp3) is 0. The van der Waals surface area contributed by atoms with Crippen molar-refractivity contribution in [2.75, 3.05) is 4.90 Å². The minimum absolute atomic E-state index is 0.882. The van der Waals surface area contributed by atoms with E-state index in [9.17, 15) is 0 Å². The number of para-hydroxylation sites is 1. The van der Waals surface area contributed by atoms with E-state index in [1.54, 1.807) is 0 Å². The zero-order valence-corrected chi connectivity index (χ0v) is 25.2. The van der Waals surface area contributed by atoms with Gasteiger partial charge in [0.2, 0.25) is 0 Å². The first-order valence-corrected chi connectivity index (χ1v) is 16.0. The fourth-order valence-corrected chi connectivity index (χ4v) is 7.90. The SMILES string of the molecule is c1ccc(-c2cccc(N(c3ccc4c(c3)oc3ccccc34)c3cccc4c3sc3c(-c5ccccc5)cccc34)c2)cc1. The second-order valence-corrected chi connectivity index (χ2v) is 12.4. The molecule has 9 aromatic rings. The van der Waals surface area contributed by atoms with E-state index in [1.165, 1.54) is 42.4 Å². The van der Waals surface area contributed by atoms with Crippen molar-refractivity contribution in [1.29, 1.82) is 0 Å². The highest BCUT2D eigenvalue weighted by Gasteiger charge is 2.21. The smallest absolute Gasteiger partial charge is 0.137 e. The first kappa shape index (κ1) is 25.8. The van der Waals surface area contributed by atoms with E-state index in [2.05, 4.69) is 157 Å². The fourth-order valence-electron chi connectivity index (χ4n) is 6.56. The summed E-state index contributed by atoms with van der Waals surface area (Å²) in [6.45, 7) is 0. The van der Waals surface area contributed by atoms with Gasteiger partial charge in [0.15, 0.2) is 0 Å². The highest BCUT2D eigenvalue weighted by molar-refractivity contribution is 7.27. The summed E-state index contributed by atoms with van der Waals surface area (Å²) >= 11 is 1.87. The van der Waals surface area contributed by atoms with Crippen LogP contribution in [0.5, 0.6) is 0 Å². The summed E-state index contributed by atoms with van der Waals surface area (Å²) in [7, 11) is 0. The van der Waals surface area contributed by atoms with Crippen LogP contribution in [0.4, 0.5) is 17.1 Å². The number of rotatable bonds is 5. The number of anilines is 3. The Bertz CT molecular complexity index is 2490. The molecule has 2 heterocycles. The van der Waals surface area contributed by atoms with Crippen molar-refractivity contribution in [2.24, 2.45) is 0 Å². The minimum atomic E-state index is 0.882. The lowest BCUT2D eigenvalue weighted by molar-refractivity contribution is 0.669. The van der Waals surface area contributed by atoms with Crippen LogP contribution >= 0.6 is 11.3 Å². The third kappa shape index (κ3) is 4.32. The molecule has 0 fully saturated rings. The van der Waals surface area contributed by atoms with Crippen LogP contribution in [0.3, 0.4) is 0 Å². The van der Waals surface area contributed by atoms with Crippen LogP contribution in [0.1, 0.15) is 0 Å². The molecule has 212 valence electrons. The Hall–Kier alpha value is -5.64. The molecule has 0 amide bonds.